The summed E-state index contributed by atoms with van der Waals surface area (Å²) >= 11 is 3.25. The van der Waals surface area contributed by atoms with Crippen LogP contribution < -0.4 is 5.32 Å². The average molecular weight is 263 g/mol. The molecule has 2 atom stereocenters. The summed E-state index contributed by atoms with van der Waals surface area (Å²) < 4.78 is 25.2. The Balaban J connectivity index is 1.90. The monoisotopic (exact) mass is 262 g/mol. The second-order valence-corrected chi connectivity index (χ2v) is 4.26. The molecule has 0 spiro atoms. The second-order valence-electron chi connectivity index (χ2n) is 3.35. The molecule has 1 aliphatic rings. The highest BCUT2D eigenvalue weighted by molar-refractivity contribution is 9.10. The highest BCUT2D eigenvalue weighted by atomic mass is 79.9. The lowest BCUT2D eigenvalue weighted by Gasteiger charge is -2.03. The van der Waals surface area contributed by atoms with E-state index >= 15 is 0 Å². The van der Waals surface area contributed by atoms with E-state index in [4.69, 9.17) is 0 Å². The molecule has 2 rings (SSSR count). The number of anilines is 1. The van der Waals surface area contributed by atoms with Gasteiger partial charge in [0.2, 0.25) is 6.43 Å². The van der Waals surface area contributed by atoms with Gasteiger partial charge < -0.3 is 5.32 Å². The van der Waals surface area contributed by atoms with Gasteiger partial charge in [-0.05, 0) is 34.5 Å². The number of rotatable bonds is 3. The van der Waals surface area contributed by atoms with E-state index in [-0.39, 0.29) is 6.04 Å². The average Bonchev–Trinajstić information content (AvgIpc) is 2.88. The molecule has 5 heteroatoms. The van der Waals surface area contributed by atoms with Gasteiger partial charge in [-0.25, -0.2) is 13.8 Å². The Labute approximate surface area is 88.9 Å². The number of hydrogen-bond acceptors (Lipinski definition) is 2. The van der Waals surface area contributed by atoms with Crippen LogP contribution in [-0.2, 0) is 0 Å². The van der Waals surface area contributed by atoms with Gasteiger partial charge in [0.15, 0.2) is 0 Å². The number of alkyl halides is 2. The molecule has 1 aliphatic carbocycles. The van der Waals surface area contributed by atoms with Crippen molar-refractivity contribution in [3.8, 4) is 0 Å². The Bertz CT molecular complexity index is 315. The number of nitrogens with one attached hydrogen (secondary N) is 1. The molecular formula is C9H9BrF2N2. The van der Waals surface area contributed by atoms with Crippen molar-refractivity contribution in [3.63, 3.8) is 0 Å². The molecule has 0 aliphatic heterocycles. The fourth-order valence-corrected chi connectivity index (χ4v) is 1.54. The lowest BCUT2D eigenvalue weighted by Crippen LogP contribution is -2.09. The molecule has 0 saturated heterocycles. The van der Waals surface area contributed by atoms with Crippen LogP contribution in [0.4, 0.5) is 14.6 Å². The number of halogens is 3. The minimum absolute atomic E-state index is 0.108. The third-order valence-electron chi connectivity index (χ3n) is 2.22. The van der Waals surface area contributed by atoms with Crippen LogP contribution in [0.15, 0.2) is 22.8 Å². The van der Waals surface area contributed by atoms with Crippen LogP contribution >= 0.6 is 15.9 Å². The lowest BCUT2D eigenvalue weighted by atomic mass is 10.4. The van der Waals surface area contributed by atoms with Crippen LogP contribution in [0.25, 0.3) is 0 Å². The van der Waals surface area contributed by atoms with Gasteiger partial charge in [-0.1, -0.05) is 0 Å². The van der Waals surface area contributed by atoms with Crippen LogP contribution in [0.2, 0.25) is 0 Å². The van der Waals surface area contributed by atoms with Crippen LogP contribution in [-0.4, -0.2) is 17.5 Å². The predicted molar refractivity (Wildman–Crippen MR) is 53.5 cm³/mol. The van der Waals surface area contributed by atoms with Gasteiger partial charge in [-0.15, -0.1) is 0 Å². The molecule has 76 valence electrons. The minimum atomic E-state index is -2.22. The fraction of sp³-hybridized carbons (Fsp3) is 0.444. The third kappa shape index (κ3) is 2.20. The van der Waals surface area contributed by atoms with Gasteiger partial charge >= 0.3 is 0 Å². The topological polar surface area (TPSA) is 24.9 Å². The quantitative estimate of drug-likeness (QED) is 0.906. The molecule has 0 bridgehead atoms. The van der Waals surface area contributed by atoms with Gasteiger partial charge in [0.25, 0.3) is 0 Å². The Hall–Kier alpha value is -0.710. The number of nitrogens with zero attached hydrogens (tertiary/aromatic N) is 1. The molecule has 0 radical (unpaired) electrons. The van der Waals surface area contributed by atoms with Crippen molar-refractivity contribution in [2.45, 2.75) is 18.9 Å². The van der Waals surface area contributed by atoms with E-state index in [1.54, 1.807) is 12.3 Å². The van der Waals surface area contributed by atoms with Crippen molar-refractivity contribution < 1.29 is 8.78 Å². The van der Waals surface area contributed by atoms with E-state index in [1.807, 2.05) is 6.07 Å². The first-order valence-corrected chi connectivity index (χ1v) is 5.12. The molecule has 0 aromatic carbocycles. The van der Waals surface area contributed by atoms with Gasteiger partial charge in [0, 0.05) is 22.6 Å². The zero-order valence-electron chi connectivity index (χ0n) is 7.25. The first-order chi connectivity index (χ1) is 6.66. The smallest absolute Gasteiger partial charge is 0.243 e. The zero-order chi connectivity index (χ0) is 10.1. The maximum atomic E-state index is 12.2. The second kappa shape index (κ2) is 3.81. The van der Waals surface area contributed by atoms with Gasteiger partial charge in [0.05, 0.1) is 0 Å². The van der Waals surface area contributed by atoms with E-state index in [0.29, 0.717) is 12.2 Å². The van der Waals surface area contributed by atoms with Crippen molar-refractivity contribution in [3.05, 3.63) is 22.8 Å². The molecule has 1 aromatic rings. The van der Waals surface area contributed by atoms with Gasteiger partial charge in [0.1, 0.15) is 5.82 Å². The maximum Gasteiger partial charge on any atom is 0.243 e. The lowest BCUT2D eigenvalue weighted by molar-refractivity contribution is 0.121. The molecule has 1 aromatic heterocycles. The van der Waals surface area contributed by atoms with E-state index in [9.17, 15) is 8.78 Å². The van der Waals surface area contributed by atoms with Crippen LogP contribution in [0.5, 0.6) is 0 Å². The highest BCUT2D eigenvalue weighted by Crippen LogP contribution is 2.38. The molecule has 0 unspecified atom stereocenters. The standard InChI is InChI=1S/C9H9BrF2N2/c10-5-1-2-8(13-4-5)14-7-3-6(7)9(11)12/h1-2,4,6-7,9H,3H2,(H,13,14)/t6-,7-/m0/s1. The molecule has 14 heavy (non-hydrogen) atoms. The summed E-state index contributed by atoms with van der Waals surface area (Å²) in [6.45, 7) is 0. The summed E-state index contributed by atoms with van der Waals surface area (Å²) in [7, 11) is 0. The molecule has 1 saturated carbocycles. The summed E-state index contributed by atoms with van der Waals surface area (Å²) in [5.74, 6) is 0.154. The molecule has 2 nitrogen and oxygen atoms in total. The summed E-state index contributed by atoms with van der Waals surface area (Å²) in [4.78, 5) is 4.05. The predicted octanol–water partition coefficient (Wildman–Crippen LogP) is 2.91. The van der Waals surface area contributed by atoms with Crippen molar-refractivity contribution in [2.75, 3.05) is 5.32 Å². The fourth-order valence-electron chi connectivity index (χ4n) is 1.31. The number of aromatic nitrogens is 1. The highest BCUT2D eigenvalue weighted by Gasteiger charge is 2.44. The summed E-state index contributed by atoms with van der Waals surface area (Å²) in [5.41, 5.74) is 0. The van der Waals surface area contributed by atoms with Crippen molar-refractivity contribution in [1.82, 2.24) is 4.98 Å². The number of pyridine rings is 1. The van der Waals surface area contributed by atoms with E-state index < -0.39 is 12.3 Å². The Kier molecular flexibility index (Phi) is 2.67. The van der Waals surface area contributed by atoms with Gasteiger partial charge in [-0.3, -0.25) is 0 Å². The third-order valence-corrected chi connectivity index (χ3v) is 2.69. The van der Waals surface area contributed by atoms with Crippen molar-refractivity contribution in [1.29, 1.82) is 0 Å². The van der Waals surface area contributed by atoms with Gasteiger partial charge in [-0.2, -0.15) is 0 Å². The van der Waals surface area contributed by atoms with Crippen molar-refractivity contribution >= 4 is 21.7 Å². The van der Waals surface area contributed by atoms with Crippen LogP contribution in [0, 0.1) is 5.92 Å². The Morgan fingerprint density at radius 3 is 2.79 bits per heavy atom. The van der Waals surface area contributed by atoms with E-state index in [0.717, 1.165) is 4.47 Å². The minimum Gasteiger partial charge on any atom is -0.367 e. The molecule has 0 amide bonds. The number of hydrogen-bond donors (Lipinski definition) is 1. The first kappa shape index (κ1) is 9.83. The SMILES string of the molecule is FC(F)[C@H]1C[C@@H]1Nc1ccc(Br)cn1. The molecule has 1 heterocycles. The van der Waals surface area contributed by atoms with Crippen molar-refractivity contribution in [2.24, 2.45) is 5.92 Å². The summed E-state index contributed by atoms with van der Waals surface area (Å²) in [6.07, 6.45) is -0.0414. The van der Waals surface area contributed by atoms with Crippen LogP contribution in [0.1, 0.15) is 6.42 Å². The molecule has 1 fully saturated rings. The molecular weight excluding hydrogens is 254 g/mol. The maximum absolute atomic E-state index is 12.2. The van der Waals surface area contributed by atoms with Crippen LogP contribution in [0.3, 0.4) is 0 Å². The summed E-state index contributed by atoms with van der Waals surface area (Å²) in [5, 5.41) is 2.96. The normalized spacial score (nSPS) is 25.1. The molecule has 1 N–H and O–H groups in total. The largest absolute Gasteiger partial charge is 0.367 e. The first-order valence-electron chi connectivity index (χ1n) is 4.33. The van der Waals surface area contributed by atoms with E-state index in [1.165, 1.54) is 0 Å². The Morgan fingerprint density at radius 1 is 1.50 bits per heavy atom. The zero-order valence-corrected chi connectivity index (χ0v) is 8.84. The Morgan fingerprint density at radius 2 is 2.29 bits per heavy atom. The summed E-state index contributed by atoms with van der Waals surface area (Å²) in [6, 6.07) is 3.49. The van der Waals surface area contributed by atoms with E-state index in [2.05, 4.69) is 26.2 Å².